The van der Waals surface area contributed by atoms with Gasteiger partial charge in [0.2, 0.25) is 0 Å². The Morgan fingerprint density at radius 2 is 2.05 bits per heavy atom. The minimum absolute atomic E-state index is 0.914. The molecule has 0 fully saturated rings. The molecule has 0 aliphatic carbocycles. The molecule has 0 bridgehead atoms. The molecule has 0 spiro atoms. The largest absolute Gasteiger partial charge is 0.497 e. The molecule has 0 saturated heterocycles. The number of hydrogen-bond donors (Lipinski definition) is 1. The van der Waals surface area contributed by atoms with Crippen LogP contribution in [-0.2, 0) is 13.0 Å². The molecule has 1 aromatic carbocycles. The van der Waals surface area contributed by atoms with Gasteiger partial charge in [-0.05, 0) is 43.6 Å². The summed E-state index contributed by atoms with van der Waals surface area (Å²) in [6, 6.07) is 8.25. The third-order valence-electron chi connectivity index (χ3n) is 3.08. The molecule has 4 nitrogen and oxygen atoms in total. The van der Waals surface area contributed by atoms with Crippen molar-refractivity contribution in [3.05, 3.63) is 48.5 Å². The SMILES string of the molecule is COc1ccc(CCNCCCn2ccnc2)cc1. The molecule has 1 aromatic heterocycles. The molecule has 1 heterocycles. The zero-order valence-electron chi connectivity index (χ0n) is 11.4. The van der Waals surface area contributed by atoms with E-state index in [0.717, 1.165) is 38.2 Å². The van der Waals surface area contributed by atoms with E-state index < -0.39 is 0 Å². The Hall–Kier alpha value is -1.81. The van der Waals surface area contributed by atoms with Crippen molar-refractivity contribution in [1.29, 1.82) is 0 Å². The van der Waals surface area contributed by atoms with E-state index in [0.29, 0.717) is 0 Å². The van der Waals surface area contributed by atoms with E-state index in [2.05, 4.69) is 27.0 Å². The number of rotatable bonds is 8. The van der Waals surface area contributed by atoms with Crippen LogP contribution in [0.15, 0.2) is 43.0 Å². The molecule has 102 valence electrons. The highest BCUT2D eigenvalue weighted by Gasteiger charge is 1.95. The van der Waals surface area contributed by atoms with Crippen LogP contribution < -0.4 is 10.1 Å². The predicted molar refractivity (Wildman–Crippen MR) is 76.4 cm³/mol. The fourth-order valence-electron chi connectivity index (χ4n) is 1.96. The summed E-state index contributed by atoms with van der Waals surface area (Å²) in [5.41, 5.74) is 1.34. The number of aromatic nitrogens is 2. The maximum absolute atomic E-state index is 5.14. The first-order valence-corrected chi connectivity index (χ1v) is 6.68. The van der Waals surface area contributed by atoms with Crippen LogP contribution in [0.25, 0.3) is 0 Å². The summed E-state index contributed by atoms with van der Waals surface area (Å²) in [7, 11) is 1.69. The molecule has 0 saturated carbocycles. The van der Waals surface area contributed by atoms with Crippen LogP contribution in [0.1, 0.15) is 12.0 Å². The quantitative estimate of drug-likeness (QED) is 0.738. The first-order valence-electron chi connectivity index (χ1n) is 6.68. The molecular formula is C15H21N3O. The summed E-state index contributed by atoms with van der Waals surface area (Å²) in [4.78, 5) is 4.02. The van der Waals surface area contributed by atoms with E-state index in [1.807, 2.05) is 30.9 Å². The fourth-order valence-corrected chi connectivity index (χ4v) is 1.96. The Morgan fingerprint density at radius 1 is 1.21 bits per heavy atom. The van der Waals surface area contributed by atoms with E-state index in [-0.39, 0.29) is 0 Å². The van der Waals surface area contributed by atoms with Gasteiger partial charge < -0.3 is 14.6 Å². The maximum atomic E-state index is 5.14. The number of nitrogens with one attached hydrogen (secondary N) is 1. The third-order valence-corrected chi connectivity index (χ3v) is 3.08. The minimum Gasteiger partial charge on any atom is -0.497 e. The average Bonchev–Trinajstić information content (AvgIpc) is 2.96. The number of benzene rings is 1. The lowest BCUT2D eigenvalue weighted by molar-refractivity contribution is 0.414. The number of nitrogens with zero attached hydrogens (tertiary/aromatic N) is 2. The second kappa shape index (κ2) is 7.59. The lowest BCUT2D eigenvalue weighted by atomic mass is 10.1. The molecule has 0 aliphatic heterocycles. The highest BCUT2D eigenvalue weighted by Crippen LogP contribution is 2.11. The van der Waals surface area contributed by atoms with Gasteiger partial charge in [-0.2, -0.15) is 0 Å². The van der Waals surface area contributed by atoms with Crippen LogP contribution in [0, 0.1) is 0 Å². The first-order chi connectivity index (χ1) is 9.38. The molecule has 0 radical (unpaired) electrons. The molecule has 2 rings (SSSR count). The molecule has 0 unspecified atom stereocenters. The molecule has 0 amide bonds. The maximum Gasteiger partial charge on any atom is 0.118 e. The van der Waals surface area contributed by atoms with Gasteiger partial charge in [0, 0.05) is 18.9 Å². The number of imidazole rings is 1. The van der Waals surface area contributed by atoms with E-state index >= 15 is 0 Å². The second-order valence-corrected chi connectivity index (χ2v) is 4.50. The van der Waals surface area contributed by atoms with E-state index in [9.17, 15) is 0 Å². The second-order valence-electron chi connectivity index (χ2n) is 4.50. The van der Waals surface area contributed by atoms with Crippen molar-refractivity contribution in [2.45, 2.75) is 19.4 Å². The molecule has 1 N–H and O–H groups in total. The molecule has 19 heavy (non-hydrogen) atoms. The molecular weight excluding hydrogens is 238 g/mol. The van der Waals surface area contributed by atoms with Crippen molar-refractivity contribution in [1.82, 2.24) is 14.9 Å². The number of aryl methyl sites for hydroxylation is 1. The van der Waals surface area contributed by atoms with Crippen LogP contribution in [-0.4, -0.2) is 29.8 Å². The van der Waals surface area contributed by atoms with Crippen LogP contribution in [0.3, 0.4) is 0 Å². The van der Waals surface area contributed by atoms with Crippen LogP contribution >= 0.6 is 0 Å². The summed E-state index contributed by atoms with van der Waals surface area (Å²) >= 11 is 0. The Balaban J connectivity index is 1.56. The van der Waals surface area contributed by atoms with Crippen LogP contribution in [0.4, 0.5) is 0 Å². The highest BCUT2D eigenvalue weighted by atomic mass is 16.5. The Bertz CT molecular complexity index is 451. The van der Waals surface area contributed by atoms with Crippen LogP contribution in [0.2, 0.25) is 0 Å². The summed E-state index contributed by atoms with van der Waals surface area (Å²) in [5.74, 6) is 0.914. The van der Waals surface area contributed by atoms with Gasteiger partial charge in [-0.3, -0.25) is 0 Å². The summed E-state index contributed by atoms with van der Waals surface area (Å²) in [5, 5.41) is 3.46. The van der Waals surface area contributed by atoms with Crippen molar-refractivity contribution < 1.29 is 4.74 Å². The molecule has 0 atom stereocenters. The first kappa shape index (κ1) is 13.6. The van der Waals surface area contributed by atoms with Crippen molar-refractivity contribution in [2.24, 2.45) is 0 Å². The van der Waals surface area contributed by atoms with Crippen molar-refractivity contribution in [2.75, 3.05) is 20.2 Å². The lowest BCUT2D eigenvalue weighted by Crippen LogP contribution is -2.19. The Morgan fingerprint density at radius 3 is 2.74 bits per heavy atom. The van der Waals surface area contributed by atoms with E-state index in [1.165, 1.54) is 5.56 Å². The fraction of sp³-hybridized carbons (Fsp3) is 0.400. The molecule has 0 aliphatic rings. The van der Waals surface area contributed by atoms with Gasteiger partial charge in [-0.1, -0.05) is 12.1 Å². The van der Waals surface area contributed by atoms with Crippen LogP contribution in [0.5, 0.6) is 5.75 Å². The number of hydrogen-bond acceptors (Lipinski definition) is 3. The van der Waals surface area contributed by atoms with Gasteiger partial charge in [-0.15, -0.1) is 0 Å². The van der Waals surface area contributed by atoms with E-state index in [4.69, 9.17) is 4.74 Å². The molecule has 2 aromatic rings. The minimum atomic E-state index is 0.914. The van der Waals surface area contributed by atoms with Crippen molar-refractivity contribution in [3.63, 3.8) is 0 Å². The van der Waals surface area contributed by atoms with E-state index in [1.54, 1.807) is 7.11 Å². The number of methoxy groups -OCH3 is 1. The van der Waals surface area contributed by atoms with Gasteiger partial charge in [0.25, 0.3) is 0 Å². The van der Waals surface area contributed by atoms with Gasteiger partial charge in [0.15, 0.2) is 0 Å². The summed E-state index contributed by atoms with van der Waals surface area (Å²) < 4.78 is 7.24. The Kier molecular flexibility index (Phi) is 5.44. The van der Waals surface area contributed by atoms with Gasteiger partial charge in [0.1, 0.15) is 5.75 Å². The van der Waals surface area contributed by atoms with Gasteiger partial charge in [-0.25, -0.2) is 4.98 Å². The normalized spacial score (nSPS) is 10.6. The van der Waals surface area contributed by atoms with Crippen molar-refractivity contribution in [3.8, 4) is 5.75 Å². The lowest BCUT2D eigenvalue weighted by Gasteiger charge is -2.06. The predicted octanol–water partition coefficient (Wildman–Crippen LogP) is 2.11. The zero-order chi connectivity index (χ0) is 13.3. The standard InChI is InChI=1S/C15H21N3O/c1-19-15-5-3-14(4-6-15)7-9-16-8-2-11-18-12-10-17-13-18/h3-6,10,12-13,16H,2,7-9,11H2,1H3. The topological polar surface area (TPSA) is 39.1 Å². The number of ether oxygens (including phenoxy) is 1. The third kappa shape index (κ3) is 4.75. The molecule has 4 heteroatoms. The van der Waals surface area contributed by atoms with Gasteiger partial charge >= 0.3 is 0 Å². The Labute approximate surface area is 114 Å². The summed E-state index contributed by atoms with van der Waals surface area (Å²) in [6.45, 7) is 3.07. The highest BCUT2D eigenvalue weighted by molar-refractivity contribution is 5.27. The zero-order valence-corrected chi connectivity index (χ0v) is 11.4. The summed E-state index contributed by atoms with van der Waals surface area (Å²) in [6.07, 6.45) is 7.85. The average molecular weight is 259 g/mol. The van der Waals surface area contributed by atoms with Gasteiger partial charge in [0.05, 0.1) is 13.4 Å². The monoisotopic (exact) mass is 259 g/mol. The smallest absolute Gasteiger partial charge is 0.118 e. The van der Waals surface area contributed by atoms with Crippen molar-refractivity contribution >= 4 is 0 Å².